The molecular weight excluding hydrogens is 446 g/mol. The van der Waals surface area contributed by atoms with Crippen LogP contribution in [0.3, 0.4) is 0 Å². The quantitative estimate of drug-likeness (QED) is 0.423. The molecule has 0 aromatic carbocycles. The summed E-state index contributed by atoms with van der Waals surface area (Å²) >= 11 is 0. The third-order valence-electron chi connectivity index (χ3n) is 6.78. The zero-order chi connectivity index (χ0) is 25.2. The standard InChI is InChI=1S/C26H31N5O4/c1-4-35-23-7-5-6-19(29-23)20-9-8-18(27)24(30-20)25(33)31-21-14-28-11-10-17(21)16-12-15(2)26(3,34)22(32)13-16/h5-11,14-16,22,32,34H,4,12-13,27H2,1-3H3,(H,31,33). The van der Waals surface area contributed by atoms with E-state index >= 15 is 0 Å². The summed E-state index contributed by atoms with van der Waals surface area (Å²) in [4.78, 5) is 26.3. The van der Waals surface area contributed by atoms with Gasteiger partial charge >= 0.3 is 0 Å². The Morgan fingerprint density at radius 2 is 1.97 bits per heavy atom. The van der Waals surface area contributed by atoms with Crippen LogP contribution in [0, 0.1) is 5.92 Å². The molecule has 0 radical (unpaired) electrons. The molecule has 3 heterocycles. The molecule has 5 N–H and O–H groups in total. The van der Waals surface area contributed by atoms with E-state index in [4.69, 9.17) is 10.5 Å². The minimum atomic E-state index is -1.15. The zero-order valence-corrected chi connectivity index (χ0v) is 20.1. The molecule has 9 nitrogen and oxygen atoms in total. The minimum Gasteiger partial charge on any atom is -0.478 e. The van der Waals surface area contributed by atoms with Crippen molar-refractivity contribution in [3.8, 4) is 17.3 Å². The molecule has 0 saturated heterocycles. The molecule has 1 aliphatic rings. The number of nitrogens with two attached hydrogens (primary N) is 1. The molecule has 4 atom stereocenters. The number of nitrogen functional groups attached to an aromatic ring is 1. The second kappa shape index (κ2) is 9.97. The van der Waals surface area contributed by atoms with Crippen LogP contribution in [0.1, 0.15) is 55.6 Å². The number of amides is 1. The van der Waals surface area contributed by atoms with Gasteiger partial charge in [0.05, 0.1) is 47.3 Å². The average molecular weight is 478 g/mol. The van der Waals surface area contributed by atoms with Crippen LogP contribution >= 0.6 is 0 Å². The van der Waals surface area contributed by atoms with Crippen LogP contribution in [0.5, 0.6) is 5.88 Å². The van der Waals surface area contributed by atoms with Crippen molar-refractivity contribution in [3.63, 3.8) is 0 Å². The molecular formula is C26H31N5O4. The van der Waals surface area contributed by atoms with Gasteiger partial charge in [-0.2, -0.15) is 0 Å². The Morgan fingerprint density at radius 1 is 1.20 bits per heavy atom. The summed E-state index contributed by atoms with van der Waals surface area (Å²) in [5.74, 6) is -0.184. The van der Waals surface area contributed by atoms with Gasteiger partial charge < -0.3 is 26.0 Å². The highest BCUT2D eigenvalue weighted by Crippen LogP contribution is 2.43. The number of ether oxygens (including phenoxy) is 1. The fraction of sp³-hybridized carbons (Fsp3) is 0.385. The van der Waals surface area contributed by atoms with Crippen molar-refractivity contribution in [2.45, 2.75) is 51.2 Å². The van der Waals surface area contributed by atoms with Gasteiger partial charge in [-0.15, -0.1) is 0 Å². The Kier molecular flexibility index (Phi) is 7.00. The summed E-state index contributed by atoms with van der Waals surface area (Å²) in [5.41, 5.74) is 7.66. The summed E-state index contributed by atoms with van der Waals surface area (Å²) in [6.45, 7) is 5.94. The number of nitrogens with one attached hydrogen (secondary N) is 1. The number of rotatable bonds is 6. The smallest absolute Gasteiger partial charge is 0.276 e. The molecule has 184 valence electrons. The highest BCUT2D eigenvalue weighted by Gasteiger charge is 2.43. The van der Waals surface area contributed by atoms with Gasteiger partial charge in [0.25, 0.3) is 5.91 Å². The van der Waals surface area contributed by atoms with Crippen molar-refractivity contribution in [1.82, 2.24) is 15.0 Å². The molecule has 0 bridgehead atoms. The second-order valence-corrected chi connectivity index (χ2v) is 9.16. The van der Waals surface area contributed by atoms with Gasteiger partial charge in [-0.05, 0) is 68.4 Å². The van der Waals surface area contributed by atoms with Gasteiger partial charge in [-0.1, -0.05) is 13.0 Å². The maximum Gasteiger partial charge on any atom is 0.276 e. The Labute approximate surface area is 204 Å². The summed E-state index contributed by atoms with van der Waals surface area (Å²) in [7, 11) is 0. The Balaban J connectivity index is 1.60. The van der Waals surface area contributed by atoms with E-state index in [9.17, 15) is 15.0 Å². The number of hydrogen-bond donors (Lipinski definition) is 4. The Hall–Kier alpha value is -3.56. The van der Waals surface area contributed by atoms with E-state index < -0.39 is 17.6 Å². The van der Waals surface area contributed by atoms with Crippen LogP contribution in [0.15, 0.2) is 48.8 Å². The fourth-order valence-electron chi connectivity index (χ4n) is 4.48. The molecule has 1 saturated carbocycles. The topological polar surface area (TPSA) is 143 Å². The van der Waals surface area contributed by atoms with E-state index in [1.54, 1.807) is 43.6 Å². The van der Waals surface area contributed by atoms with Crippen molar-refractivity contribution >= 4 is 17.3 Å². The zero-order valence-electron chi connectivity index (χ0n) is 20.1. The SMILES string of the molecule is CCOc1cccc(-c2ccc(N)c(C(=O)Nc3cnccc3C3CC(C)C(C)(O)C(O)C3)n2)n1. The molecule has 3 aromatic heterocycles. The molecule has 1 amide bonds. The molecule has 4 unspecified atom stereocenters. The van der Waals surface area contributed by atoms with Crippen molar-refractivity contribution in [2.24, 2.45) is 5.92 Å². The minimum absolute atomic E-state index is 0.0549. The average Bonchev–Trinajstić information content (AvgIpc) is 2.83. The van der Waals surface area contributed by atoms with Crippen LogP contribution < -0.4 is 15.8 Å². The lowest BCUT2D eigenvalue weighted by atomic mass is 9.69. The number of anilines is 2. The molecule has 1 aliphatic carbocycles. The summed E-state index contributed by atoms with van der Waals surface area (Å²) in [5, 5.41) is 24.0. The van der Waals surface area contributed by atoms with Gasteiger partial charge in [0.2, 0.25) is 5.88 Å². The first kappa shape index (κ1) is 24.6. The van der Waals surface area contributed by atoms with Crippen molar-refractivity contribution in [3.05, 3.63) is 60.0 Å². The number of aliphatic hydroxyl groups is 2. The predicted octanol–water partition coefficient (Wildman–Crippen LogP) is 3.40. The van der Waals surface area contributed by atoms with Gasteiger partial charge in [0.1, 0.15) is 0 Å². The lowest BCUT2D eigenvalue weighted by Crippen LogP contribution is -2.49. The predicted molar refractivity (Wildman–Crippen MR) is 133 cm³/mol. The van der Waals surface area contributed by atoms with Crippen LogP contribution in [-0.4, -0.2) is 49.4 Å². The first-order valence-electron chi connectivity index (χ1n) is 11.7. The summed E-state index contributed by atoms with van der Waals surface area (Å²) < 4.78 is 5.46. The number of aromatic nitrogens is 3. The Morgan fingerprint density at radius 3 is 2.71 bits per heavy atom. The van der Waals surface area contributed by atoms with Crippen molar-refractivity contribution in [2.75, 3.05) is 17.7 Å². The van der Waals surface area contributed by atoms with Gasteiger partial charge in [-0.25, -0.2) is 9.97 Å². The third-order valence-corrected chi connectivity index (χ3v) is 6.78. The first-order chi connectivity index (χ1) is 16.7. The highest BCUT2D eigenvalue weighted by atomic mass is 16.5. The van der Waals surface area contributed by atoms with Crippen LogP contribution in [0.4, 0.5) is 11.4 Å². The van der Waals surface area contributed by atoms with Crippen LogP contribution in [0.2, 0.25) is 0 Å². The van der Waals surface area contributed by atoms with Crippen LogP contribution in [-0.2, 0) is 0 Å². The molecule has 0 spiro atoms. The van der Waals surface area contributed by atoms with E-state index in [1.807, 2.05) is 26.0 Å². The van der Waals surface area contributed by atoms with Crippen molar-refractivity contribution in [1.29, 1.82) is 0 Å². The summed E-state index contributed by atoms with van der Waals surface area (Å²) in [6.07, 6.45) is 3.39. The molecule has 4 rings (SSSR count). The number of nitrogens with zero attached hydrogens (tertiary/aromatic N) is 3. The van der Waals surface area contributed by atoms with Gasteiger partial charge in [0.15, 0.2) is 5.69 Å². The number of aliphatic hydroxyl groups excluding tert-OH is 1. The number of hydrogen-bond acceptors (Lipinski definition) is 8. The fourth-order valence-corrected chi connectivity index (χ4v) is 4.48. The largest absolute Gasteiger partial charge is 0.478 e. The number of pyridine rings is 3. The number of carbonyl (C=O) groups is 1. The van der Waals surface area contributed by atoms with Gasteiger partial charge in [0, 0.05) is 12.3 Å². The normalized spacial score (nSPS) is 24.1. The van der Waals surface area contributed by atoms with E-state index in [-0.39, 0.29) is 23.2 Å². The molecule has 9 heteroatoms. The monoisotopic (exact) mass is 477 g/mol. The molecule has 1 fully saturated rings. The van der Waals surface area contributed by atoms with E-state index in [0.717, 1.165) is 5.56 Å². The van der Waals surface area contributed by atoms with Crippen molar-refractivity contribution < 1.29 is 19.7 Å². The lowest BCUT2D eigenvalue weighted by molar-refractivity contribution is -0.123. The molecule has 0 aliphatic heterocycles. The van der Waals surface area contributed by atoms with Gasteiger partial charge in [-0.3, -0.25) is 9.78 Å². The first-order valence-corrected chi connectivity index (χ1v) is 11.7. The lowest BCUT2D eigenvalue weighted by Gasteiger charge is -2.43. The molecule has 3 aromatic rings. The van der Waals surface area contributed by atoms with Crippen LogP contribution in [0.25, 0.3) is 11.4 Å². The second-order valence-electron chi connectivity index (χ2n) is 9.16. The maximum atomic E-state index is 13.2. The third kappa shape index (κ3) is 5.11. The van der Waals surface area contributed by atoms with E-state index in [0.29, 0.717) is 42.4 Å². The maximum absolute atomic E-state index is 13.2. The molecule has 35 heavy (non-hydrogen) atoms. The van der Waals surface area contributed by atoms with E-state index in [1.165, 1.54) is 0 Å². The number of carbonyl (C=O) groups excluding carboxylic acids is 1. The summed E-state index contributed by atoms with van der Waals surface area (Å²) in [6, 6.07) is 10.5. The Bertz CT molecular complexity index is 1200. The van der Waals surface area contributed by atoms with E-state index in [2.05, 4.69) is 20.3 Å². The highest BCUT2D eigenvalue weighted by molar-refractivity contribution is 6.06.